The zero-order chi connectivity index (χ0) is 6.91. The molecule has 0 amide bonds. The van der Waals surface area contributed by atoms with E-state index in [9.17, 15) is 0 Å². The second-order valence-corrected chi connectivity index (χ2v) is 1.51. The normalized spacial score (nSPS) is 31.2. The highest BCUT2D eigenvalue weighted by Gasteiger charge is 2.31. The maximum atomic E-state index is 8.96. The van der Waals surface area contributed by atoms with Crippen LogP contribution in [0.2, 0.25) is 0 Å². The minimum Gasteiger partial charge on any atom is -0.382 e. The van der Waals surface area contributed by atoms with Crippen LogP contribution in [0.5, 0.6) is 0 Å². The predicted octanol–water partition coefficient (Wildman–Crippen LogP) is -0.937. The van der Waals surface area contributed by atoms with Crippen molar-refractivity contribution in [2.45, 2.75) is 5.85 Å². The van der Waals surface area contributed by atoms with E-state index in [2.05, 4.69) is 15.2 Å². The second-order valence-electron chi connectivity index (χ2n) is 1.51. The van der Waals surface area contributed by atoms with Crippen molar-refractivity contribution in [1.82, 2.24) is 0 Å². The molecule has 1 rings (SSSR count). The standard InChI is InChI=1S/C3H5N5O/c4-2(5)3(9)6-1-7-8-3/h1,9H,(H3,4,5). The van der Waals surface area contributed by atoms with Crippen LogP contribution in [0.25, 0.3) is 0 Å². The Hall–Kier alpha value is -1.30. The molecule has 1 aliphatic heterocycles. The van der Waals surface area contributed by atoms with Gasteiger partial charge in [0.1, 0.15) is 6.34 Å². The van der Waals surface area contributed by atoms with Crippen molar-refractivity contribution in [3.63, 3.8) is 0 Å². The first-order valence-corrected chi connectivity index (χ1v) is 2.18. The summed E-state index contributed by atoms with van der Waals surface area (Å²) in [6, 6.07) is 0. The third kappa shape index (κ3) is 0.789. The molecule has 1 atom stereocenters. The van der Waals surface area contributed by atoms with E-state index in [1.807, 2.05) is 0 Å². The Labute approximate surface area is 50.6 Å². The van der Waals surface area contributed by atoms with Crippen LogP contribution in [-0.4, -0.2) is 23.1 Å². The monoisotopic (exact) mass is 127 g/mol. The van der Waals surface area contributed by atoms with Crippen molar-refractivity contribution in [3.05, 3.63) is 0 Å². The molecule has 0 fully saturated rings. The number of azo groups is 1. The first-order chi connectivity index (χ1) is 4.15. The van der Waals surface area contributed by atoms with Crippen LogP contribution in [0, 0.1) is 5.41 Å². The Morgan fingerprint density at radius 3 is 2.67 bits per heavy atom. The summed E-state index contributed by atoms with van der Waals surface area (Å²) in [4.78, 5) is 3.31. The van der Waals surface area contributed by atoms with Gasteiger partial charge in [-0.2, -0.15) is 0 Å². The highest BCUT2D eigenvalue weighted by atomic mass is 16.3. The SMILES string of the molecule is N=C(N)C1(O)N=CN=N1. The van der Waals surface area contributed by atoms with Gasteiger partial charge in [0.15, 0.2) is 5.84 Å². The molecule has 48 valence electrons. The van der Waals surface area contributed by atoms with Crippen LogP contribution in [0.4, 0.5) is 0 Å². The Morgan fingerprint density at radius 2 is 2.44 bits per heavy atom. The quantitative estimate of drug-likeness (QED) is 0.312. The fourth-order valence-corrected chi connectivity index (χ4v) is 0.362. The summed E-state index contributed by atoms with van der Waals surface area (Å²) in [6.45, 7) is 0. The molecule has 1 heterocycles. The van der Waals surface area contributed by atoms with E-state index in [0.29, 0.717) is 0 Å². The summed E-state index contributed by atoms with van der Waals surface area (Å²) in [5.74, 6) is -2.44. The van der Waals surface area contributed by atoms with Crippen LogP contribution >= 0.6 is 0 Å². The molecule has 9 heavy (non-hydrogen) atoms. The summed E-state index contributed by atoms with van der Waals surface area (Å²) in [5.41, 5.74) is 4.90. The fourth-order valence-electron chi connectivity index (χ4n) is 0.362. The molecule has 0 radical (unpaired) electrons. The largest absolute Gasteiger partial charge is 0.382 e. The van der Waals surface area contributed by atoms with Crippen LogP contribution < -0.4 is 5.73 Å². The number of amidine groups is 1. The van der Waals surface area contributed by atoms with E-state index < -0.39 is 11.7 Å². The van der Waals surface area contributed by atoms with Gasteiger partial charge in [-0.15, -0.1) is 10.2 Å². The summed E-state index contributed by atoms with van der Waals surface area (Å²) >= 11 is 0. The Morgan fingerprint density at radius 1 is 1.78 bits per heavy atom. The molecule has 6 nitrogen and oxygen atoms in total. The maximum absolute atomic E-state index is 8.96. The number of nitrogens with two attached hydrogens (primary N) is 1. The number of aliphatic hydroxyl groups is 1. The molecule has 0 aliphatic carbocycles. The predicted molar refractivity (Wildman–Crippen MR) is 30.2 cm³/mol. The highest BCUT2D eigenvalue weighted by Crippen LogP contribution is 2.11. The fraction of sp³-hybridized carbons (Fsp3) is 0.333. The molecule has 0 saturated carbocycles. The maximum Gasteiger partial charge on any atom is 0.334 e. The van der Waals surface area contributed by atoms with Gasteiger partial charge in [-0.1, -0.05) is 0 Å². The van der Waals surface area contributed by atoms with Gasteiger partial charge in [0.25, 0.3) is 0 Å². The summed E-state index contributed by atoms with van der Waals surface area (Å²) in [6.07, 6.45) is 1.04. The van der Waals surface area contributed by atoms with Crippen molar-refractivity contribution in [2.75, 3.05) is 0 Å². The Bertz CT molecular complexity index is 182. The highest BCUT2D eigenvalue weighted by molar-refractivity contribution is 5.87. The zero-order valence-corrected chi connectivity index (χ0v) is 4.44. The van der Waals surface area contributed by atoms with Gasteiger partial charge in [-0.3, -0.25) is 5.41 Å². The Kier molecular flexibility index (Phi) is 1.03. The van der Waals surface area contributed by atoms with Gasteiger partial charge in [-0.05, 0) is 0 Å². The third-order valence-corrected chi connectivity index (χ3v) is 0.848. The molecule has 0 saturated heterocycles. The molecule has 4 N–H and O–H groups in total. The average Bonchev–Trinajstić information content (AvgIpc) is 2.16. The number of nitrogens with zero attached hydrogens (tertiary/aromatic N) is 3. The molecule has 0 spiro atoms. The molecule has 1 aliphatic rings. The van der Waals surface area contributed by atoms with E-state index in [1.54, 1.807) is 0 Å². The molecule has 0 aromatic rings. The average molecular weight is 127 g/mol. The minimum atomic E-state index is -1.92. The van der Waals surface area contributed by atoms with Gasteiger partial charge in [0.2, 0.25) is 0 Å². The summed E-state index contributed by atoms with van der Waals surface area (Å²) in [5, 5.41) is 22.1. The number of hydrogen-bond donors (Lipinski definition) is 3. The van der Waals surface area contributed by atoms with E-state index in [0.717, 1.165) is 6.34 Å². The third-order valence-electron chi connectivity index (χ3n) is 0.848. The molecule has 6 heteroatoms. The topological polar surface area (TPSA) is 107 Å². The number of nitrogens with one attached hydrogen (secondary N) is 1. The number of aliphatic imine (C=N–C) groups is 1. The first-order valence-electron chi connectivity index (χ1n) is 2.18. The lowest BCUT2D eigenvalue weighted by Gasteiger charge is -2.09. The molecular formula is C3H5N5O. The lowest BCUT2D eigenvalue weighted by atomic mass is 10.4. The van der Waals surface area contributed by atoms with Crippen molar-refractivity contribution in [1.29, 1.82) is 5.41 Å². The van der Waals surface area contributed by atoms with Gasteiger partial charge >= 0.3 is 5.85 Å². The lowest BCUT2D eigenvalue weighted by molar-refractivity contribution is 0.129. The van der Waals surface area contributed by atoms with Crippen molar-refractivity contribution < 1.29 is 5.11 Å². The lowest BCUT2D eigenvalue weighted by Crippen LogP contribution is -2.38. The van der Waals surface area contributed by atoms with E-state index in [1.165, 1.54) is 0 Å². The van der Waals surface area contributed by atoms with E-state index in [-0.39, 0.29) is 0 Å². The van der Waals surface area contributed by atoms with Gasteiger partial charge in [-0.25, -0.2) is 4.99 Å². The van der Waals surface area contributed by atoms with Crippen molar-refractivity contribution >= 4 is 12.2 Å². The number of hydrogen-bond acceptors (Lipinski definition) is 5. The molecule has 0 aromatic heterocycles. The van der Waals surface area contributed by atoms with Crippen LogP contribution in [0.15, 0.2) is 15.2 Å². The van der Waals surface area contributed by atoms with E-state index >= 15 is 0 Å². The minimum absolute atomic E-state index is 0.528. The summed E-state index contributed by atoms with van der Waals surface area (Å²) < 4.78 is 0. The van der Waals surface area contributed by atoms with Crippen LogP contribution in [0.3, 0.4) is 0 Å². The molecule has 0 bridgehead atoms. The molecule has 0 aromatic carbocycles. The smallest absolute Gasteiger partial charge is 0.334 e. The second kappa shape index (κ2) is 1.59. The van der Waals surface area contributed by atoms with Crippen LogP contribution in [0.1, 0.15) is 0 Å². The van der Waals surface area contributed by atoms with E-state index in [4.69, 9.17) is 16.2 Å². The van der Waals surface area contributed by atoms with Gasteiger partial charge in [0.05, 0.1) is 0 Å². The van der Waals surface area contributed by atoms with Gasteiger partial charge in [0, 0.05) is 0 Å². The summed E-state index contributed by atoms with van der Waals surface area (Å²) in [7, 11) is 0. The van der Waals surface area contributed by atoms with Crippen LogP contribution in [-0.2, 0) is 0 Å². The Balaban J connectivity index is 2.88. The first kappa shape index (κ1) is 5.83. The molecular weight excluding hydrogens is 122 g/mol. The van der Waals surface area contributed by atoms with Crippen molar-refractivity contribution in [2.24, 2.45) is 21.0 Å². The number of rotatable bonds is 1. The molecule has 1 unspecified atom stereocenters. The zero-order valence-electron chi connectivity index (χ0n) is 4.44. The van der Waals surface area contributed by atoms with Crippen molar-refractivity contribution in [3.8, 4) is 0 Å². The van der Waals surface area contributed by atoms with Gasteiger partial charge < -0.3 is 10.8 Å².